The van der Waals surface area contributed by atoms with Crippen LogP contribution in [0.25, 0.3) is 0 Å². The molecule has 2 aliphatic rings. The Kier molecular flexibility index (Phi) is 3.85. The van der Waals surface area contributed by atoms with E-state index in [1.54, 1.807) is 0 Å². The fourth-order valence-corrected chi connectivity index (χ4v) is 3.47. The molecule has 2 saturated carbocycles. The minimum absolute atomic E-state index is 0.191. The Labute approximate surface area is 98.2 Å². The van der Waals surface area contributed by atoms with E-state index in [-0.39, 0.29) is 11.9 Å². The molecule has 16 heavy (non-hydrogen) atoms. The molecule has 0 radical (unpaired) electrons. The minimum Gasteiger partial charge on any atom is -0.352 e. The Morgan fingerprint density at radius 1 is 1.44 bits per heavy atom. The van der Waals surface area contributed by atoms with Gasteiger partial charge >= 0.3 is 0 Å². The maximum Gasteiger partial charge on any atom is 0.223 e. The predicted molar refractivity (Wildman–Crippen MR) is 64.8 cm³/mol. The molecule has 0 aromatic carbocycles. The van der Waals surface area contributed by atoms with Gasteiger partial charge in [-0.1, -0.05) is 19.8 Å². The van der Waals surface area contributed by atoms with E-state index in [0.29, 0.717) is 18.4 Å². The molecule has 2 aliphatic carbocycles. The first-order valence-corrected chi connectivity index (χ1v) is 6.75. The standard InChI is InChI=1S/C13H24N2O/c1-2-3-11(8-14)15-13(16)12-7-9-4-5-10(12)6-9/h9-12H,2-8,14H2,1H3,(H,15,16). The lowest BCUT2D eigenvalue weighted by Crippen LogP contribution is -2.44. The lowest BCUT2D eigenvalue weighted by Gasteiger charge is -2.24. The minimum atomic E-state index is 0.191. The van der Waals surface area contributed by atoms with Crippen molar-refractivity contribution in [3.63, 3.8) is 0 Å². The summed E-state index contributed by atoms with van der Waals surface area (Å²) >= 11 is 0. The van der Waals surface area contributed by atoms with Crippen molar-refractivity contribution >= 4 is 5.91 Å². The third-order valence-electron chi connectivity index (χ3n) is 4.34. The first-order chi connectivity index (χ1) is 7.74. The van der Waals surface area contributed by atoms with Gasteiger partial charge in [0.15, 0.2) is 0 Å². The van der Waals surface area contributed by atoms with Gasteiger partial charge in [-0.3, -0.25) is 4.79 Å². The molecule has 1 amide bonds. The second kappa shape index (κ2) is 5.17. The normalized spacial score (nSPS) is 34.0. The summed E-state index contributed by atoms with van der Waals surface area (Å²) in [6.45, 7) is 2.70. The van der Waals surface area contributed by atoms with Gasteiger partial charge in [-0.25, -0.2) is 0 Å². The van der Waals surface area contributed by atoms with Crippen molar-refractivity contribution in [1.82, 2.24) is 5.32 Å². The molecule has 0 aromatic heterocycles. The van der Waals surface area contributed by atoms with Gasteiger partial charge in [0.2, 0.25) is 5.91 Å². The molecule has 3 N–H and O–H groups in total. The van der Waals surface area contributed by atoms with Crippen molar-refractivity contribution in [2.45, 2.75) is 51.5 Å². The average molecular weight is 224 g/mol. The molecule has 0 saturated heterocycles. The molecule has 3 nitrogen and oxygen atoms in total. The number of hydrogen-bond acceptors (Lipinski definition) is 2. The molecule has 0 spiro atoms. The van der Waals surface area contributed by atoms with Gasteiger partial charge in [0, 0.05) is 18.5 Å². The fourth-order valence-electron chi connectivity index (χ4n) is 3.47. The van der Waals surface area contributed by atoms with Crippen LogP contribution in [0.15, 0.2) is 0 Å². The highest BCUT2D eigenvalue weighted by Gasteiger charge is 2.43. The van der Waals surface area contributed by atoms with E-state index in [0.717, 1.165) is 25.2 Å². The van der Waals surface area contributed by atoms with Gasteiger partial charge in [-0.15, -0.1) is 0 Å². The molecule has 0 aromatic rings. The van der Waals surface area contributed by atoms with Crippen LogP contribution >= 0.6 is 0 Å². The van der Waals surface area contributed by atoms with Gasteiger partial charge < -0.3 is 11.1 Å². The van der Waals surface area contributed by atoms with E-state index in [1.807, 2.05) is 0 Å². The third-order valence-corrected chi connectivity index (χ3v) is 4.34. The van der Waals surface area contributed by atoms with Crippen LogP contribution in [0.5, 0.6) is 0 Å². The molecule has 2 rings (SSSR count). The molecule has 4 atom stereocenters. The van der Waals surface area contributed by atoms with Crippen LogP contribution in [0.4, 0.5) is 0 Å². The van der Waals surface area contributed by atoms with Crippen molar-refractivity contribution in [2.24, 2.45) is 23.5 Å². The molecule has 3 heteroatoms. The molecule has 2 bridgehead atoms. The quantitative estimate of drug-likeness (QED) is 0.746. The maximum atomic E-state index is 12.1. The lowest BCUT2D eigenvalue weighted by molar-refractivity contribution is -0.127. The molecule has 0 aliphatic heterocycles. The molecular weight excluding hydrogens is 200 g/mol. The number of fused-ring (bicyclic) bond motifs is 2. The Morgan fingerprint density at radius 2 is 2.25 bits per heavy atom. The van der Waals surface area contributed by atoms with Crippen molar-refractivity contribution < 1.29 is 4.79 Å². The summed E-state index contributed by atoms with van der Waals surface area (Å²) in [5.74, 6) is 2.08. The number of amides is 1. The van der Waals surface area contributed by atoms with E-state index in [4.69, 9.17) is 5.73 Å². The molecule has 92 valence electrons. The van der Waals surface area contributed by atoms with Crippen molar-refractivity contribution in [3.05, 3.63) is 0 Å². The Balaban J connectivity index is 1.83. The summed E-state index contributed by atoms with van der Waals surface area (Å²) in [6, 6.07) is 0.191. The van der Waals surface area contributed by atoms with E-state index in [1.165, 1.54) is 19.3 Å². The van der Waals surface area contributed by atoms with Gasteiger partial charge in [-0.2, -0.15) is 0 Å². The highest BCUT2D eigenvalue weighted by Crippen LogP contribution is 2.48. The van der Waals surface area contributed by atoms with Crippen LogP contribution in [0.2, 0.25) is 0 Å². The van der Waals surface area contributed by atoms with Gasteiger partial charge in [-0.05, 0) is 37.5 Å². The Morgan fingerprint density at radius 3 is 2.75 bits per heavy atom. The van der Waals surface area contributed by atoms with Crippen molar-refractivity contribution in [1.29, 1.82) is 0 Å². The Hall–Kier alpha value is -0.570. The maximum absolute atomic E-state index is 12.1. The second-order valence-electron chi connectivity index (χ2n) is 5.51. The first kappa shape index (κ1) is 11.9. The average Bonchev–Trinajstić information content (AvgIpc) is 2.89. The van der Waals surface area contributed by atoms with Crippen LogP contribution in [-0.2, 0) is 4.79 Å². The van der Waals surface area contributed by atoms with Gasteiger partial charge in [0.05, 0.1) is 0 Å². The summed E-state index contributed by atoms with van der Waals surface area (Å²) in [4.78, 5) is 12.1. The van der Waals surface area contributed by atoms with E-state index < -0.39 is 0 Å². The summed E-state index contributed by atoms with van der Waals surface area (Å²) < 4.78 is 0. The fraction of sp³-hybridized carbons (Fsp3) is 0.923. The van der Waals surface area contributed by atoms with Crippen LogP contribution in [-0.4, -0.2) is 18.5 Å². The summed E-state index contributed by atoms with van der Waals surface area (Å²) in [6.07, 6.45) is 7.12. The smallest absolute Gasteiger partial charge is 0.223 e. The van der Waals surface area contributed by atoms with Crippen LogP contribution in [0.3, 0.4) is 0 Å². The number of carbonyl (C=O) groups excluding carboxylic acids is 1. The number of carbonyl (C=O) groups is 1. The topological polar surface area (TPSA) is 55.1 Å². The Bertz CT molecular complexity index is 254. The zero-order chi connectivity index (χ0) is 11.5. The highest BCUT2D eigenvalue weighted by molar-refractivity contribution is 5.79. The van der Waals surface area contributed by atoms with Crippen LogP contribution in [0, 0.1) is 17.8 Å². The monoisotopic (exact) mass is 224 g/mol. The van der Waals surface area contributed by atoms with Crippen molar-refractivity contribution in [3.8, 4) is 0 Å². The zero-order valence-electron chi connectivity index (χ0n) is 10.2. The number of hydrogen-bond donors (Lipinski definition) is 2. The van der Waals surface area contributed by atoms with Gasteiger partial charge in [0.25, 0.3) is 0 Å². The number of nitrogens with two attached hydrogens (primary N) is 1. The SMILES string of the molecule is CCCC(CN)NC(=O)C1CC2CCC1C2. The van der Waals surface area contributed by atoms with E-state index >= 15 is 0 Å². The van der Waals surface area contributed by atoms with Crippen LogP contribution in [0.1, 0.15) is 45.4 Å². The molecule has 2 fully saturated rings. The van der Waals surface area contributed by atoms with Crippen molar-refractivity contribution in [2.75, 3.05) is 6.54 Å². The number of nitrogens with one attached hydrogen (secondary N) is 1. The molecule has 4 unspecified atom stereocenters. The second-order valence-corrected chi connectivity index (χ2v) is 5.51. The van der Waals surface area contributed by atoms with Crippen LogP contribution < -0.4 is 11.1 Å². The number of rotatable bonds is 5. The van der Waals surface area contributed by atoms with E-state index in [2.05, 4.69) is 12.2 Å². The predicted octanol–water partition coefficient (Wildman–Crippen LogP) is 1.67. The summed E-state index contributed by atoms with van der Waals surface area (Å²) in [5.41, 5.74) is 5.67. The van der Waals surface area contributed by atoms with E-state index in [9.17, 15) is 4.79 Å². The van der Waals surface area contributed by atoms with Gasteiger partial charge in [0.1, 0.15) is 0 Å². The first-order valence-electron chi connectivity index (χ1n) is 6.75. The zero-order valence-corrected chi connectivity index (χ0v) is 10.2. The lowest BCUT2D eigenvalue weighted by atomic mass is 9.88. The summed E-state index contributed by atoms with van der Waals surface area (Å²) in [7, 11) is 0. The largest absolute Gasteiger partial charge is 0.352 e. The molecule has 0 heterocycles. The molecular formula is C13H24N2O. The third kappa shape index (κ3) is 2.40. The summed E-state index contributed by atoms with van der Waals surface area (Å²) in [5, 5.41) is 3.13. The highest BCUT2D eigenvalue weighted by atomic mass is 16.2.